The number of anilines is 1. The number of carbonyl (C=O) groups excluding carboxylic acids is 2. The molecule has 4 rings (SSSR count). The number of rotatable bonds is 6. The Labute approximate surface area is 193 Å². The summed E-state index contributed by atoms with van der Waals surface area (Å²) < 4.78 is 5.31. The number of methoxy groups -OCH3 is 1. The lowest BCUT2D eigenvalue weighted by molar-refractivity contribution is -0.129. The number of nitrogens with one attached hydrogen (secondary N) is 1. The standard InChI is InChI=1S/C25H29N3O3S/c1-16-12-13-19(17(2)14-16)27-25-28(18-8-4-5-9-18)24(30)22(32-25)15-23(29)26-20-10-6-7-11-21(20)31-3/h6-7,10-14,18,22H,4-5,8-9,15H2,1-3H3,(H,26,29)/t22-/m0/s1. The molecule has 0 radical (unpaired) electrons. The lowest BCUT2D eigenvalue weighted by Crippen LogP contribution is -2.40. The molecule has 2 aromatic carbocycles. The first-order valence-corrected chi connectivity index (χ1v) is 11.9. The van der Waals surface area contributed by atoms with E-state index < -0.39 is 5.25 Å². The third-order valence-corrected chi connectivity index (χ3v) is 7.13. The van der Waals surface area contributed by atoms with Gasteiger partial charge in [-0.2, -0.15) is 0 Å². The van der Waals surface area contributed by atoms with Crippen molar-refractivity contribution in [1.29, 1.82) is 0 Å². The fraction of sp³-hybridized carbons (Fsp3) is 0.400. The summed E-state index contributed by atoms with van der Waals surface area (Å²) in [5, 5.41) is 3.12. The Bertz CT molecular complexity index is 1050. The number of carbonyl (C=O) groups is 2. The lowest BCUT2D eigenvalue weighted by atomic mass is 10.1. The van der Waals surface area contributed by atoms with Crippen molar-refractivity contribution in [2.45, 2.75) is 57.2 Å². The fourth-order valence-corrected chi connectivity index (χ4v) is 5.55. The molecule has 0 unspecified atom stereocenters. The van der Waals surface area contributed by atoms with Crippen molar-refractivity contribution in [3.05, 3.63) is 53.6 Å². The van der Waals surface area contributed by atoms with Gasteiger partial charge in [-0.15, -0.1) is 0 Å². The summed E-state index contributed by atoms with van der Waals surface area (Å²) in [5.41, 5.74) is 3.73. The first kappa shape index (κ1) is 22.4. The summed E-state index contributed by atoms with van der Waals surface area (Å²) in [6, 6.07) is 13.6. The number of amidine groups is 1. The van der Waals surface area contributed by atoms with Crippen molar-refractivity contribution >= 4 is 40.1 Å². The summed E-state index contributed by atoms with van der Waals surface area (Å²) in [4.78, 5) is 32.9. The molecular formula is C25H29N3O3S. The van der Waals surface area contributed by atoms with Crippen LogP contribution in [-0.2, 0) is 9.59 Å². The smallest absolute Gasteiger partial charge is 0.242 e. The van der Waals surface area contributed by atoms with Crippen LogP contribution in [0.1, 0.15) is 43.2 Å². The maximum absolute atomic E-state index is 13.4. The number of hydrogen-bond donors (Lipinski definition) is 1. The van der Waals surface area contributed by atoms with Crippen LogP contribution in [0.25, 0.3) is 0 Å². The normalized spacial score (nSPS) is 20.2. The molecule has 1 heterocycles. The number of nitrogens with zero attached hydrogens (tertiary/aromatic N) is 2. The second-order valence-corrected chi connectivity index (χ2v) is 9.56. The Morgan fingerprint density at radius 1 is 1.19 bits per heavy atom. The predicted octanol–water partition coefficient (Wildman–Crippen LogP) is 5.21. The van der Waals surface area contributed by atoms with Gasteiger partial charge in [-0.3, -0.25) is 14.5 Å². The summed E-state index contributed by atoms with van der Waals surface area (Å²) in [6.07, 6.45) is 4.30. The zero-order chi connectivity index (χ0) is 22.7. The molecular weight excluding hydrogens is 422 g/mol. The summed E-state index contributed by atoms with van der Waals surface area (Å²) in [6.45, 7) is 4.09. The molecule has 1 N–H and O–H groups in total. The molecule has 2 aliphatic rings. The molecule has 1 saturated carbocycles. The van der Waals surface area contributed by atoms with Crippen molar-refractivity contribution in [3.8, 4) is 5.75 Å². The Kier molecular flexibility index (Phi) is 6.84. The van der Waals surface area contributed by atoms with E-state index in [1.165, 1.54) is 17.3 Å². The Balaban J connectivity index is 1.55. The zero-order valence-electron chi connectivity index (χ0n) is 18.8. The van der Waals surface area contributed by atoms with Crippen molar-refractivity contribution in [2.24, 2.45) is 4.99 Å². The third kappa shape index (κ3) is 4.83. The van der Waals surface area contributed by atoms with Crippen molar-refractivity contribution in [2.75, 3.05) is 12.4 Å². The van der Waals surface area contributed by atoms with E-state index in [2.05, 4.69) is 18.3 Å². The van der Waals surface area contributed by atoms with Crippen LogP contribution in [-0.4, -0.2) is 40.3 Å². The number of aliphatic imine (C=N–C) groups is 1. The predicted molar refractivity (Wildman–Crippen MR) is 130 cm³/mol. The van der Waals surface area contributed by atoms with Crippen LogP contribution in [0.3, 0.4) is 0 Å². The van der Waals surface area contributed by atoms with E-state index in [0.717, 1.165) is 36.9 Å². The molecule has 2 fully saturated rings. The van der Waals surface area contributed by atoms with Gasteiger partial charge in [0.05, 0.1) is 18.5 Å². The summed E-state index contributed by atoms with van der Waals surface area (Å²) in [5.74, 6) is 0.371. The van der Waals surface area contributed by atoms with E-state index in [0.29, 0.717) is 16.6 Å². The molecule has 1 aliphatic heterocycles. The fourth-order valence-electron chi connectivity index (χ4n) is 4.34. The molecule has 168 valence electrons. The van der Waals surface area contributed by atoms with Gasteiger partial charge in [-0.25, -0.2) is 4.99 Å². The van der Waals surface area contributed by atoms with Gasteiger partial charge in [-0.1, -0.05) is 54.4 Å². The molecule has 6 nitrogen and oxygen atoms in total. The van der Waals surface area contributed by atoms with Crippen LogP contribution in [0.5, 0.6) is 5.75 Å². The third-order valence-electron chi connectivity index (χ3n) is 5.98. The molecule has 2 amide bonds. The molecule has 0 bridgehead atoms. The largest absolute Gasteiger partial charge is 0.495 e. The minimum absolute atomic E-state index is 0.0133. The van der Waals surface area contributed by atoms with E-state index in [1.807, 2.05) is 36.1 Å². The quantitative estimate of drug-likeness (QED) is 0.654. The highest BCUT2D eigenvalue weighted by Crippen LogP contribution is 2.38. The number of amides is 2. The van der Waals surface area contributed by atoms with Gasteiger partial charge in [0.2, 0.25) is 11.8 Å². The highest BCUT2D eigenvalue weighted by atomic mass is 32.2. The average Bonchev–Trinajstić information content (AvgIpc) is 3.39. The van der Waals surface area contributed by atoms with Crippen molar-refractivity contribution in [3.63, 3.8) is 0 Å². The van der Waals surface area contributed by atoms with Crippen LogP contribution < -0.4 is 10.1 Å². The number of thioether (sulfide) groups is 1. The van der Waals surface area contributed by atoms with Gasteiger partial charge < -0.3 is 10.1 Å². The number of ether oxygens (including phenoxy) is 1. The van der Waals surface area contributed by atoms with E-state index in [4.69, 9.17) is 9.73 Å². The van der Waals surface area contributed by atoms with Gasteiger partial charge in [0.25, 0.3) is 0 Å². The van der Waals surface area contributed by atoms with E-state index in [-0.39, 0.29) is 24.3 Å². The highest BCUT2D eigenvalue weighted by molar-refractivity contribution is 8.15. The van der Waals surface area contributed by atoms with E-state index >= 15 is 0 Å². The highest BCUT2D eigenvalue weighted by Gasteiger charge is 2.43. The minimum atomic E-state index is -0.477. The van der Waals surface area contributed by atoms with Crippen molar-refractivity contribution < 1.29 is 14.3 Å². The summed E-state index contributed by atoms with van der Waals surface area (Å²) >= 11 is 1.40. The number of aryl methyl sites for hydroxylation is 2. The van der Waals surface area contributed by atoms with Gasteiger partial charge in [0, 0.05) is 12.5 Å². The van der Waals surface area contributed by atoms with Crippen LogP contribution >= 0.6 is 11.8 Å². The Hall–Kier alpha value is -2.80. The molecule has 2 aromatic rings. The Morgan fingerprint density at radius 3 is 2.66 bits per heavy atom. The van der Waals surface area contributed by atoms with Crippen LogP contribution in [0.2, 0.25) is 0 Å². The SMILES string of the molecule is COc1ccccc1NC(=O)C[C@@H]1SC(=Nc2ccc(C)cc2C)N(C2CCCC2)C1=O. The maximum Gasteiger partial charge on any atom is 0.242 e. The molecule has 0 spiro atoms. The monoisotopic (exact) mass is 451 g/mol. The van der Waals surface area contributed by atoms with Crippen molar-refractivity contribution in [1.82, 2.24) is 4.90 Å². The molecule has 1 saturated heterocycles. The molecule has 1 atom stereocenters. The van der Waals surface area contributed by atoms with Gasteiger partial charge in [0.15, 0.2) is 5.17 Å². The van der Waals surface area contributed by atoms with Gasteiger partial charge >= 0.3 is 0 Å². The second-order valence-electron chi connectivity index (χ2n) is 8.39. The molecule has 1 aliphatic carbocycles. The first-order chi connectivity index (χ1) is 15.5. The zero-order valence-corrected chi connectivity index (χ0v) is 19.6. The van der Waals surface area contributed by atoms with Crippen LogP contribution in [0, 0.1) is 13.8 Å². The molecule has 32 heavy (non-hydrogen) atoms. The van der Waals surface area contributed by atoms with Gasteiger partial charge in [0.1, 0.15) is 11.0 Å². The maximum atomic E-state index is 13.4. The number of para-hydroxylation sites is 2. The second kappa shape index (κ2) is 9.77. The lowest BCUT2D eigenvalue weighted by Gasteiger charge is -2.23. The average molecular weight is 452 g/mol. The van der Waals surface area contributed by atoms with E-state index in [9.17, 15) is 9.59 Å². The molecule has 7 heteroatoms. The number of benzene rings is 2. The first-order valence-electron chi connectivity index (χ1n) is 11.0. The Morgan fingerprint density at radius 2 is 1.94 bits per heavy atom. The number of hydrogen-bond acceptors (Lipinski definition) is 5. The van der Waals surface area contributed by atoms with Crippen LogP contribution in [0.4, 0.5) is 11.4 Å². The molecule has 0 aromatic heterocycles. The minimum Gasteiger partial charge on any atom is -0.495 e. The topological polar surface area (TPSA) is 71.0 Å². The summed E-state index contributed by atoms with van der Waals surface area (Å²) in [7, 11) is 1.57. The van der Waals surface area contributed by atoms with E-state index in [1.54, 1.807) is 19.2 Å². The van der Waals surface area contributed by atoms with Gasteiger partial charge in [-0.05, 0) is 50.5 Å². The van der Waals surface area contributed by atoms with Crippen LogP contribution in [0.15, 0.2) is 47.5 Å².